The van der Waals surface area contributed by atoms with Crippen molar-refractivity contribution in [3.8, 4) is 18.2 Å². The first kappa shape index (κ1) is 29.1. The zero-order valence-electron chi connectivity index (χ0n) is 17.3. The molecule has 0 N–H and O–H groups in total. The van der Waals surface area contributed by atoms with Gasteiger partial charge in [-0.2, -0.15) is 15.8 Å². The molecule has 3 aromatic rings. The second-order valence-electron chi connectivity index (χ2n) is 5.83. The van der Waals surface area contributed by atoms with Gasteiger partial charge >= 0.3 is 17.4 Å². The summed E-state index contributed by atoms with van der Waals surface area (Å²) < 4.78 is 0. The minimum atomic E-state index is -1.32. The summed E-state index contributed by atoms with van der Waals surface area (Å²) in [6.45, 7) is 0. The van der Waals surface area contributed by atoms with Crippen LogP contribution in [0.3, 0.4) is 0 Å². The van der Waals surface area contributed by atoms with Gasteiger partial charge in [0.05, 0.1) is 52.8 Å². The molecular weight excluding hydrogens is 453 g/mol. The summed E-state index contributed by atoms with van der Waals surface area (Å²) in [5, 5.41) is 56.2. The van der Waals surface area contributed by atoms with Crippen LogP contribution in [0, 0.1) is 34.0 Å². The van der Waals surface area contributed by atoms with Crippen LogP contribution < -0.4 is 15.3 Å². The fourth-order valence-electron chi connectivity index (χ4n) is 2.28. The van der Waals surface area contributed by atoms with E-state index in [1.54, 1.807) is 54.6 Å². The van der Waals surface area contributed by atoms with Crippen LogP contribution in [-0.2, 0) is 0 Å². The molecular formula is C24H12AlN3O6. The standard InChI is InChI=1S/3C8H5NO2.Al/c3*9-5-6-3-1-2-4-7(6)8(10)11;/h3*1-4H,(H,10,11);/q;;;+3/p-3. The summed E-state index contributed by atoms with van der Waals surface area (Å²) in [4.78, 5) is 31.0. The van der Waals surface area contributed by atoms with Crippen molar-refractivity contribution in [1.82, 2.24) is 0 Å². The molecule has 0 saturated carbocycles. The van der Waals surface area contributed by atoms with Crippen LogP contribution in [0.4, 0.5) is 0 Å². The van der Waals surface area contributed by atoms with Gasteiger partial charge in [0.25, 0.3) is 0 Å². The van der Waals surface area contributed by atoms with Crippen molar-refractivity contribution in [2.75, 3.05) is 0 Å². The summed E-state index contributed by atoms with van der Waals surface area (Å²) in [6, 6.07) is 23.0. The number of carboxylic acid groups (broad SMARTS) is 3. The van der Waals surface area contributed by atoms with Gasteiger partial charge in [-0.1, -0.05) is 54.6 Å². The summed E-state index contributed by atoms with van der Waals surface area (Å²) in [5.41, 5.74) is 0.215. The molecule has 0 aliphatic heterocycles. The predicted molar refractivity (Wildman–Crippen MR) is 112 cm³/mol. The number of carbonyl (C=O) groups is 3. The van der Waals surface area contributed by atoms with E-state index >= 15 is 0 Å². The number of benzene rings is 3. The molecule has 3 aromatic carbocycles. The number of hydrogen-bond acceptors (Lipinski definition) is 9. The molecule has 0 aliphatic rings. The average molecular weight is 465 g/mol. The Balaban J connectivity index is 0.000000473. The van der Waals surface area contributed by atoms with Crippen molar-refractivity contribution in [3.05, 3.63) is 106 Å². The maximum atomic E-state index is 10.3. The number of aromatic carboxylic acids is 3. The van der Waals surface area contributed by atoms with Crippen LogP contribution in [0.1, 0.15) is 47.8 Å². The Hall–Kier alpha value is -4.93. The van der Waals surface area contributed by atoms with Gasteiger partial charge in [-0.3, -0.25) is 0 Å². The molecule has 0 fully saturated rings. The minimum absolute atomic E-state index is 0. The van der Waals surface area contributed by atoms with Crippen LogP contribution in [0.15, 0.2) is 72.8 Å². The Labute approximate surface area is 205 Å². The number of nitrogens with zero attached hydrogens (tertiary/aromatic N) is 3. The zero-order chi connectivity index (χ0) is 24.8. The summed E-state index contributed by atoms with van der Waals surface area (Å²) >= 11 is 0. The maximum Gasteiger partial charge on any atom is 3.00 e. The van der Waals surface area contributed by atoms with Gasteiger partial charge in [0.2, 0.25) is 0 Å². The number of nitriles is 3. The van der Waals surface area contributed by atoms with E-state index in [2.05, 4.69) is 0 Å². The van der Waals surface area contributed by atoms with Crippen molar-refractivity contribution in [2.24, 2.45) is 0 Å². The third-order valence-corrected chi connectivity index (χ3v) is 3.80. The Bertz CT molecular complexity index is 1140. The van der Waals surface area contributed by atoms with E-state index in [4.69, 9.17) is 15.8 Å². The van der Waals surface area contributed by atoms with Crippen LogP contribution in [0.25, 0.3) is 0 Å². The van der Waals surface area contributed by atoms with Gasteiger partial charge < -0.3 is 29.7 Å². The minimum Gasteiger partial charge on any atom is -0.545 e. The van der Waals surface area contributed by atoms with E-state index in [0.717, 1.165) is 0 Å². The van der Waals surface area contributed by atoms with E-state index in [1.165, 1.54) is 36.4 Å². The van der Waals surface area contributed by atoms with Gasteiger partial charge in [0.15, 0.2) is 0 Å². The van der Waals surface area contributed by atoms with Gasteiger partial charge in [-0.25, -0.2) is 0 Å². The van der Waals surface area contributed by atoms with E-state index in [1.807, 2.05) is 0 Å². The summed E-state index contributed by atoms with van der Waals surface area (Å²) in [5.74, 6) is -3.95. The monoisotopic (exact) mass is 465 g/mol. The number of carbonyl (C=O) groups excluding carboxylic acids is 3. The zero-order valence-corrected chi connectivity index (χ0v) is 18.5. The Kier molecular flexibility index (Phi) is 12.8. The van der Waals surface area contributed by atoms with Crippen molar-refractivity contribution >= 4 is 35.3 Å². The van der Waals surface area contributed by atoms with Crippen molar-refractivity contribution in [3.63, 3.8) is 0 Å². The molecule has 0 aliphatic carbocycles. The SMILES string of the molecule is N#Cc1ccccc1C(=O)[O-].N#Cc1ccccc1C(=O)[O-].N#Cc1ccccc1C(=O)[O-].[Al+3]. The van der Waals surface area contributed by atoms with Crippen LogP contribution in [-0.4, -0.2) is 35.3 Å². The molecule has 0 heterocycles. The quantitative estimate of drug-likeness (QED) is 0.454. The van der Waals surface area contributed by atoms with Crippen molar-refractivity contribution in [2.45, 2.75) is 0 Å². The Morgan fingerprint density at radius 3 is 0.853 bits per heavy atom. The molecule has 0 atom stereocenters. The number of carboxylic acids is 3. The second kappa shape index (κ2) is 15.0. The summed E-state index contributed by atoms with van der Waals surface area (Å²) in [6.07, 6.45) is 0. The normalized spacial score (nSPS) is 8.38. The molecule has 0 aromatic heterocycles. The van der Waals surface area contributed by atoms with E-state index < -0.39 is 17.9 Å². The van der Waals surface area contributed by atoms with E-state index in [-0.39, 0.29) is 50.7 Å². The molecule has 0 amide bonds. The fraction of sp³-hybridized carbons (Fsp3) is 0. The molecule has 0 spiro atoms. The molecule has 0 unspecified atom stereocenters. The van der Waals surface area contributed by atoms with Gasteiger partial charge in [0, 0.05) is 16.7 Å². The molecule has 162 valence electrons. The smallest absolute Gasteiger partial charge is 0.545 e. The molecule has 9 nitrogen and oxygen atoms in total. The molecule has 0 radical (unpaired) electrons. The van der Waals surface area contributed by atoms with Gasteiger partial charge in [0.1, 0.15) is 0 Å². The van der Waals surface area contributed by atoms with Gasteiger partial charge in [-0.05, 0) is 18.2 Å². The molecule has 10 heteroatoms. The first-order chi connectivity index (χ1) is 15.8. The van der Waals surface area contributed by atoms with Crippen molar-refractivity contribution in [1.29, 1.82) is 15.8 Å². The average Bonchev–Trinajstić information content (AvgIpc) is 2.84. The molecule has 34 heavy (non-hydrogen) atoms. The third kappa shape index (κ3) is 8.67. The van der Waals surface area contributed by atoms with Crippen molar-refractivity contribution < 1.29 is 29.7 Å². The topological polar surface area (TPSA) is 192 Å². The molecule has 0 saturated heterocycles. The van der Waals surface area contributed by atoms with Crippen LogP contribution >= 0.6 is 0 Å². The first-order valence-corrected chi connectivity index (χ1v) is 8.88. The van der Waals surface area contributed by atoms with Crippen LogP contribution in [0.5, 0.6) is 0 Å². The van der Waals surface area contributed by atoms with Crippen LogP contribution in [0.2, 0.25) is 0 Å². The molecule has 3 rings (SSSR count). The summed E-state index contributed by atoms with van der Waals surface area (Å²) in [7, 11) is 0. The number of rotatable bonds is 3. The third-order valence-electron chi connectivity index (χ3n) is 3.80. The van der Waals surface area contributed by atoms with E-state index in [0.29, 0.717) is 0 Å². The Morgan fingerprint density at radius 2 is 0.706 bits per heavy atom. The largest absolute Gasteiger partial charge is 3.00 e. The van der Waals surface area contributed by atoms with Gasteiger partial charge in [-0.15, -0.1) is 0 Å². The van der Waals surface area contributed by atoms with E-state index in [9.17, 15) is 29.7 Å². The molecule has 0 bridgehead atoms. The predicted octanol–water partition coefficient (Wildman–Crippen LogP) is -0.615. The first-order valence-electron chi connectivity index (χ1n) is 8.88. The fourth-order valence-corrected chi connectivity index (χ4v) is 2.28. The Morgan fingerprint density at radius 1 is 0.500 bits per heavy atom. The second-order valence-corrected chi connectivity index (χ2v) is 5.83. The maximum absolute atomic E-state index is 10.3. The number of hydrogen-bond donors (Lipinski definition) is 0.